The molecule has 2 fully saturated rings. The molecular formula is C16H17F3N2O2. The van der Waals surface area contributed by atoms with Gasteiger partial charge in [-0.2, -0.15) is 0 Å². The van der Waals surface area contributed by atoms with E-state index in [9.17, 15) is 22.8 Å². The first-order chi connectivity index (χ1) is 11.0. The lowest BCUT2D eigenvalue weighted by Crippen LogP contribution is -2.54. The normalized spacial score (nSPS) is 24.3. The number of carbonyl (C=O) groups is 2. The summed E-state index contributed by atoms with van der Waals surface area (Å²) in [5.74, 6) is -4.25. The van der Waals surface area contributed by atoms with Crippen molar-refractivity contribution in [2.75, 3.05) is 11.9 Å². The van der Waals surface area contributed by atoms with Gasteiger partial charge in [-0.15, -0.1) is 0 Å². The zero-order valence-corrected chi connectivity index (χ0v) is 12.4. The zero-order valence-electron chi connectivity index (χ0n) is 12.4. The number of hydrogen-bond donors (Lipinski definition) is 1. The number of anilines is 1. The fourth-order valence-corrected chi connectivity index (χ4v) is 3.52. The molecule has 1 saturated carbocycles. The number of carbonyl (C=O) groups excluding carboxylic acids is 2. The number of halogens is 3. The highest BCUT2D eigenvalue weighted by Gasteiger charge is 2.40. The molecule has 2 amide bonds. The van der Waals surface area contributed by atoms with Crippen LogP contribution in [0.1, 0.15) is 32.1 Å². The Morgan fingerprint density at radius 3 is 2.48 bits per heavy atom. The summed E-state index contributed by atoms with van der Waals surface area (Å²) in [7, 11) is 0. The molecular weight excluding hydrogens is 309 g/mol. The van der Waals surface area contributed by atoms with Crippen LogP contribution >= 0.6 is 0 Å². The van der Waals surface area contributed by atoms with Crippen LogP contribution in [-0.4, -0.2) is 29.3 Å². The van der Waals surface area contributed by atoms with Crippen molar-refractivity contribution in [3.63, 3.8) is 0 Å². The molecule has 1 saturated heterocycles. The van der Waals surface area contributed by atoms with Gasteiger partial charge in [0.25, 0.3) is 0 Å². The van der Waals surface area contributed by atoms with Crippen molar-refractivity contribution in [3.05, 3.63) is 29.6 Å². The molecule has 4 nitrogen and oxygen atoms in total. The number of ketones is 1. The molecule has 0 unspecified atom stereocenters. The Bertz CT molecular complexity index is 627. The Balaban J connectivity index is 1.76. The molecule has 1 aromatic carbocycles. The third-order valence-corrected chi connectivity index (χ3v) is 4.64. The average molecular weight is 326 g/mol. The number of likely N-dealkylation sites (tertiary alicyclic amines) is 1. The highest BCUT2D eigenvalue weighted by Crippen LogP contribution is 2.33. The van der Waals surface area contributed by atoms with Gasteiger partial charge in [0.15, 0.2) is 17.5 Å². The number of amides is 2. The van der Waals surface area contributed by atoms with Crippen LogP contribution in [0.25, 0.3) is 0 Å². The van der Waals surface area contributed by atoms with Crippen molar-refractivity contribution < 1.29 is 22.8 Å². The van der Waals surface area contributed by atoms with Crippen molar-refractivity contribution in [1.29, 1.82) is 0 Å². The molecule has 0 bridgehead atoms. The summed E-state index contributed by atoms with van der Waals surface area (Å²) < 4.78 is 39.4. The number of nitrogens with zero attached hydrogens (tertiary/aromatic N) is 1. The van der Waals surface area contributed by atoms with E-state index in [1.165, 1.54) is 0 Å². The van der Waals surface area contributed by atoms with Crippen LogP contribution in [0.15, 0.2) is 12.1 Å². The molecule has 7 heteroatoms. The van der Waals surface area contributed by atoms with E-state index in [4.69, 9.17) is 0 Å². The van der Waals surface area contributed by atoms with Crippen LogP contribution in [0.3, 0.4) is 0 Å². The summed E-state index contributed by atoms with van der Waals surface area (Å²) in [4.78, 5) is 25.9. The van der Waals surface area contributed by atoms with Crippen molar-refractivity contribution in [2.45, 2.75) is 38.1 Å². The number of hydrogen-bond acceptors (Lipinski definition) is 2. The van der Waals surface area contributed by atoms with Crippen molar-refractivity contribution in [3.8, 4) is 0 Å². The number of piperidine rings is 1. The number of benzene rings is 1. The molecule has 1 heterocycles. The maximum Gasteiger partial charge on any atom is 0.322 e. The number of fused-ring (bicyclic) bond motifs is 1. The zero-order chi connectivity index (χ0) is 16.6. The molecule has 23 heavy (non-hydrogen) atoms. The molecule has 124 valence electrons. The van der Waals surface area contributed by atoms with Crippen LogP contribution in [0.4, 0.5) is 23.7 Å². The van der Waals surface area contributed by atoms with Gasteiger partial charge in [-0.05, 0) is 12.8 Å². The first-order valence-electron chi connectivity index (χ1n) is 7.72. The highest BCUT2D eigenvalue weighted by atomic mass is 19.2. The monoisotopic (exact) mass is 326 g/mol. The fraction of sp³-hybridized carbons (Fsp3) is 0.500. The predicted molar refractivity (Wildman–Crippen MR) is 77.4 cm³/mol. The lowest BCUT2D eigenvalue weighted by atomic mass is 9.77. The van der Waals surface area contributed by atoms with Crippen LogP contribution in [0, 0.1) is 23.4 Å². The largest absolute Gasteiger partial charge is 0.322 e. The van der Waals surface area contributed by atoms with E-state index in [1.54, 1.807) is 4.90 Å². The van der Waals surface area contributed by atoms with Gasteiger partial charge < -0.3 is 10.2 Å². The SMILES string of the molecule is O=C1CCN(C(=O)Nc2cc(F)c(F)c(F)c2)[C@H]2CCCC[C@@H]12. The van der Waals surface area contributed by atoms with E-state index < -0.39 is 23.5 Å². The quantitative estimate of drug-likeness (QED) is 0.804. The molecule has 1 aliphatic heterocycles. The van der Waals surface area contributed by atoms with Crippen LogP contribution in [0.5, 0.6) is 0 Å². The number of nitrogens with one attached hydrogen (secondary N) is 1. The van der Waals surface area contributed by atoms with Crippen LogP contribution in [-0.2, 0) is 4.79 Å². The lowest BCUT2D eigenvalue weighted by Gasteiger charge is -2.42. The van der Waals surface area contributed by atoms with E-state index in [2.05, 4.69) is 5.32 Å². The maximum absolute atomic E-state index is 13.2. The van der Waals surface area contributed by atoms with E-state index in [0.29, 0.717) is 6.42 Å². The summed E-state index contributed by atoms with van der Waals surface area (Å²) in [6.07, 6.45) is 3.72. The fourth-order valence-electron chi connectivity index (χ4n) is 3.52. The second kappa shape index (κ2) is 6.22. The second-order valence-corrected chi connectivity index (χ2v) is 6.05. The Hall–Kier alpha value is -2.05. The number of Topliss-reactive ketones (excluding diaryl/α,β-unsaturated/α-hetero) is 1. The molecule has 0 spiro atoms. The second-order valence-electron chi connectivity index (χ2n) is 6.05. The van der Waals surface area contributed by atoms with Crippen molar-refractivity contribution in [2.24, 2.45) is 5.92 Å². The van der Waals surface area contributed by atoms with Gasteiger partial charge in [0.2, 0.25) is 0 Å². The van der Waals surface area contributed by atoms with Gasteiger partial charge in [-0.3, -0.25) is 4.79 Å². The van der Waals surface area contributed by atoms with E-state index in [1.807, 2.05) is 0 Å². The summed E-state index contributed by atoms with van der Waals surface area (Å²) in [5.41, 5.74) is -0.143. The number of urea groups is 1. The summed E-state index contributed by atoms with van der Waals surface area (Å²) in [6.45, 7) is 0.290. The molecule has 1 aliphatic carbocycles. The first kappa shape index (κ1) is 15.8. The molecule has 1 aromatic rings. The third-order valence-electron chi connectivity index (χ3n) is 4.64. The standard InChI is InChI=1S/C16H17F3N2O2/c17-11-7-9(8-12(18)15(11)19)20-16(23)21-6-5-14(22)10-3-1-2-4-13(10)21/h7-8,10,13H,1-6H2,(H,20,23)/t10-,13+/m1/s1. The summed E-state index contributed by atoms with van der Waals surface area (Å²) in [5, 5.41) is 2.40. The van der Waals surface area contributed by atoms with Gasteiger partial charge in [0, 0.05) is 42.7 Å². The van der Waals surface area contributed by atoms with Crippen LogP contribution in [0.2, 0.25) is 0 Å². The summed E-state index contributed by atoms with van der Waals surface area (Å²) in [6, 6.07) is 0.799. The maximum atomic E-state index is 13.2. The molecule has 1 N–H and O–H groups in total. The lowest BCUT2D eigenvalue weighted by molar-refractivity contribution is -0.129. The van der Waals surface area contributed by atoms with Gasteiger partial charge >= 0.3 is 6.03 Å². The minimum absolute atomic E-state index is 0.143. The Morgan fingerprint density at radius 2 is 1.78 bits per heavy atom. The molecule has 3 rings (SSSR count). The Kier molecular flexibility index (Phi) is 4.28. The molecule has 0 aromatic heterocycles. The van der Waals surface area contributed by atoms with Crippen molar-refractivity contribution >= 4 is 17.5 Å². The highest BCUT2D eigenvalue weighted by molar-refractivity contribution is 5.92. The summed E-state index contributed by atoms with van der Waals surface area (Å²) >= 11 is 0. The minimum atomic E-state index is -1.57. The van der Waals surface area contributed by atoms with Crippen molar-refractivity contribution in [1.82, 2.24) is 4.90 Å². The third kappa shape index (κ3) is 3.04. The Labute approximate surface area is 131 Å². The number of rotatable bonds is 1. The van der Waals surface area contributed by atoms with Gasteiger partial charge in [-0.1, -0.05) is 12.8 Å². The average Bonchev–Trinajstić information content (AvgIpc) is 2.53. The van der Waals surface area contributed by atoms with E-state index in [0.717, 1.165) is 37.8 Å². The van der Waals surface area contributed by atoms with Crippen LogP contribution < -0.4 is 5.32 Å². The minimum Gasteiger partial charge on any atom is -0.320 e. The van der Waals surface area contributed by atoms with E-state index in [-0.39, 0.29) is 30.0 Å². The van der Waals surface area contributed by atoms with E-state index >= 15 is 0 Å². The molecule has 0 radical (unpaired) electrons. The van der Waals surface area contributed by atoms with Gasteiger partial charge in [-0.25, -0.2) is 18.0 Å². The predicted octanol–water partition coefficient (Wildman–Crippen LogP) is 3.47. The smallest absolute Gasteiger partial charge is 0.320 e. The topological polar surface area (TPSA) is 49.4 Å². The molecule has 2 aliphatic rings. The van der Waals surface area contributed by atoms with Gasteiger partial charge in [0.1, 0.15) is 5.78 Å². The Morgan fingerprint density at radius 1 is 1.13 bits per heavy atom. The molecule has 2 atom stereocenters. The first-order valence-corrected chi connectivity index (χ1v) is 7.72. The van der Waals surface area contributed by atoms with Gasteiger partial charge in [0.05, 0.1) is 0 Å².